The van der Waals surface area contributed by atoms with Crippen LogP contribution in [0.2, 0.25) is 0 Å². The van der Waals surface area contributed by atoms with Crippen molar-refractivity contribution >= 4 is 71.5 Å². The van der Waals surface area contributed by atoms with Gasteiger partial charge in [0, 0.05) is 44.8 Å². The maximum Gasteiger partial charge on any atom is 0.363 e. The van der Waals surface area contributed by atoms with E-state index in [2.05, 4.69) is 0 Å². The number of halogens is 12. The number of hydrogen-bond acceptors (Lipinski definition) is 14. The van der Waals surface area contributed by atoms with Crippen molar-refractivity contribution in [2.75, 3.05) is 11.5 Å². The molecule has 18 nitrogen and oxygen atoms in total. The first-order valence-electron chi connectivity index (χ1n) is 20.8. The van der Waals surface area contributed by atoms with E-state index in [-0.39, 0.29) is 36.4 Å². The molecule has 4 aromatic carbocycles. The van der Waals surface area contributed by atoms with E-state index in [0.29, 0.717) is 52.0 Å². The minimum absolute atomic E-state index is 0.0918. The second-order valence-electron chi connectivity index (χ2n) is 18.2. The van der Waals surface area contributed by atoms with Crippen molar-refractivity contribution < 1.29 is 121 Å². The molecule has 0 bridgehead atoms. The van der Waals surface area contributed by atoms with Crippen LogP contribution in [0.4, 0.5) is 64.1 Å². The van der Waals surface area contributed by atoms with E-state index in [0.717, 1.165) is 12.1 Å². The van der Waals surface area contributed by atoms with E-state index in [1.54, 1.807) is 0 Å². The van der Waals surface area contributed by atoms with Crippen LogP contribution in [0, 0.1) is 0 Å². The molecule has 0 saturated heterocycles. The Morgan fingerprint density at radius 2 is 0.705 bits per heavy atom. The van der Waals surface area contributed by atoms with Gasteiger partial charge in [0.25, 0.3) is 20.2 Å². The third-order valence-corrected chi connectivity index (χ3v) is 20.5. The van der Waals surface area contributed by atoms with Crippen molar-refractivity contribution in [2.45, 2.75) is 115 Å². The second kappa shape index (κ2) is 18.1. The van der Waals surface area contributed by atoms with E-state index >= 15 is 52.7 Å². The molecular weight excluding hydrogens is 1210 g/mol. The van der Waals surface area contributed by atoms with Gasteiger partial charge in [0.2, 0.25) is 19.7 Å². The molecule has 78 heavy (non-hydrogen) atoms. The minimum atomic E-state index is -7.23. The van der Waals surface area contributed by atoms with Gasteiger partial charge in [-0.25, -0.2) is 52.0 Å². The molecule has 0 spiro atoms. The lowest BCUT2D eigenvalue weighted by Crippen LogP contribution is -2.69. The predicted octanol–water partition coefficient (Wildman–Crippen LogP) is 8.14. The summed E-state index contributed by atoms with van der Waals surface area (Å²) in [6, 6.07) is 3.78. The van der Waals surface area contributed by atoms with Crippen molar-refractivity contribution in [3.05, 3.63) is 106 Å². The highest BCUT2D eigenvalue weighted by molar-refractivity contribution is 7.92. The van der Waals surface area contributed by atoms with E-state index < -0.39 is 203 Å². The lowest BCUT2D eigenvalue weighted by Gasteiger charge is -2.48. The lowest BCUT2D eigenvalue weighted by molar-refractivity contribution is -0.238. The number of anilines is 2. The van der Waals surface area contributed by atoms with E-state index in [1.807, 2.05) is 0 Å². The summed E-state index contributed by atoms with van der Waals surface area (Å²) in [5.41, 5.74) is -12.3. The minimum Gasteiger partial charge on any atom is -0.399 e. The summed E-state index contributed by atoms with van der Waals surface area (Å²) in [6.45, 7) is 1.91. The Labute approximate surface area is 434 Å². The highest BCUT2D eigenvalue weighted by Crippen LogP contribution is 2.67. The van der Waals surface area contributed by atoms with Crippen LogP contribution in [-0.4, -0.2) is 102 Å². The first kappa shape index (κ1) is 61.9. The first-order valence-corrected chi connectivity index (χ1v) is 29.6. The van der Waals surface area contributed by atoms with Crippen LogP contribution in [0.5, 0.6) is 0 Å². The van der Waals surface area contributed by atoms with Gasteiger partial charge >= 0.3 is 53.9 Å². The summed E-state index contributed by atoms with van der Waals surface area (Å²) >= 11 is 0. The fraction of sp³-hybridized carbons (Fsp3) is 0.333. The highest BCUT2D eigenvalue weighted by Gasteiger charge is 2.86. The number of nitrogen functional groups attached to an aromatic ring is 2. The topological polar surface area (TPSA) is 338 Å². The summed E-state index contributed by atoms with van der Waals surface area (Å²) < 4.78 is 388. The Balaban J connectivity index is 1.59. The molecule has 4 atom stereocenters. The molecule has 430 valence electrons. The van der Waals surface area contributed by atoms with Gasteiger partial charge < -0.3 is 11.5 Å². The summed E-state index contributed by atoms with van der Waals surface area (Å²) in [5.74, 6) is -25.0. The Bertz CT molecular complexity index is 3800. The molecule has 0 aromatic heterocycles. The standard InChI is InChI=1S/C42H36F12N2O16S6/c1-19(2)33-35(43,17-37(45,46)41(53,39(33,49)50)77(67,68)69)27-11-7-23(15-31(27)75(61,62)63)73(57,58)29-13-21(55)5-9-25(29)26-10-6-22(56)14-30(26)74(59,60)24-8-12-28(32(16-24)76(64,65)66)36(44)18-38(47,48)42(54,78(70,71)72)40(51,52)34(36)20(3)4/h5-16H,17-18,55-56H2,1-4H3,(H,61,62,63)(H,64,65,66)(H,67,68,69)(H,70,71,72). The molecule has 0 radical (unpaired) electrons. The molecule has 2 aliphatic rings. The smallest absolute Gasteiger partial charge is 0.363 e. The fourth-order valence-electron chi connectivity index (χ4n) is 9.52. The molecule has 0 amide bonds. The summed E-state index contributed by atoms with van der Waals surface area (Å²) in [7, 11) is -38.4. The lowest BCUT2D eigenvalue weighted by atomic mass is 9.70. The highest BCUT2D eigenvalue weighted by atomic mass is 32.2. The van der Waals surface area contributed by atoms with Gasteiger partial charge in [0.05, 0.1) is 32.4 Å². The maximum absolute atomic E-state index is 17.3. The average Bonchev–Trinajstić information content (AvgIpc) is 3.24. The first-order chi connectivity index (χ1) is 34.7. The van der Waals surface area contributed by atoms with Crippen molar-refractivity contribution in [3.63, 3.8) is 0 Å². The monoisotopic (exact) mass is 1240 g/mol. The van der Waals surface area contributed by atoms with E-state index in [1.165, 1.54) is 0 Å². The molecule has 2 aliphatic carbocycles. The largest absolute Gasteiger partial charge is 0.399 e. The van der Waals surface area contributed by atoms with Crippen LogP contribution >= 0.6 is 0 Å². The van der Waals surface area contributed by atoms with Crippen molar-refractivity contribution in [2.24, 2.45) is 0 Å². The Morgan fingerprint density at radius 1 is 0.423 bits per heavy atom. The SMILES string of the molecule is CC(C)=C1C(F)(c2ccc(S(=O)(=O)c3cc(N)ccc3-c3ccc(N)cc3S(=O)(=O)c3ccc(C4(F)CC(F)(F)C(F)(S(=O)(=O)O)C(F)(F)C4=C(C)C)c(S(=O)(=O)O)c3)cc2S(=O)(=O)O)CC(F)(F)C(F)(S(=O)(=O)O)C1(F)F. The average molecular weight is 1250 g/mol. The number of rotatable bonds is 11. The van der Waals surface area contributed by atoms with Gasteiger partial charge in [-0.3, -0.25) is 18.2 Å². The molecule has 2 fully saturated rings. The van der Waals surface area contributed by atoms with Gasteiger partial charge in [0.1, 0.15) is 9.79 Å². The Hall–Kier alpha value is -5.34. The van der Waals surface area contributed by atoms with Crippen LogP contribution in [0.3, 0.4) is 0 Å². The molecule has 0 heterocycles. The van der Waals surface area contributed by atoms with Gasteiger partial charge in [-0.1, -0.05) is 35.4 Å². The second-order valence-corrected chi connectivity index (χ2v) is 27.8. The van der Waals surface area contributed by atoms with Gasteiger partial charge in [-0.2, -0.15) is 51.2 Å². The van der Waals surface area contributed by atoms with Crippen molar-refractivity contribution in [3.8, 4) is 11.1 Å². The van der Waals surface area contributed by atoms with E-state index in [4.69, 9.17) is 11.5 Å². The zero-order valence-corrected chi connectivity index (χ0v) is 44.1. The normalized spacial score (nSPS) is 25.6. The Morgan fingerprint density at radius 3 is 0.949 bits per heavy atom. The number of hydrogen-bond donors (Lipinski definition) is 6. The zero-order chi connectivity index (χ0) is 60.1. The molecular formula is C42H36F12N2O16S6. The quantitative estimate of drug-likeness (QED) is 0.0357. The summed E-state index contributed by atoms with van der Waals surface area (Å²) in [4.78, 5) is -9.74. The Kier molecular flexibility index (Phi) is 14.3. The fourth-order valence-corrected chi connectivity index (χ4v) is 16.1. The predicted molar refractivity (Wildman–Crippen MR) is 246 cm³/mol. The number of sulfone groups is 2. The summed E-state index contributed by atoms with van der Waals surface area (Å²) in [6.07, 6.45) is -6.14. The number of alkyl halides is 12. The summed E-state index contributed by atoms with van der Waals surface area (Å²) in [5, 5.41) is -12.7. The maximum atomic E-state index is 17.3. The third-order valence-electron chi connectivity index (χ3n) is 12.6. The van der Waals surface area contributed by atoms with E-state index in [9.17, 15) is 68.7 Å². The molecule has 36 heteroatoms. The molecule has 4 unspecified atom stereocenters. The third kappa shape index (κ3) is 8.87. The van der Waals surface area contributed by atoms with Gasteiger partial charge in [-0.15, -0.1) is 0 Å². The number of benzene rings is 4. The van der Waals surface area contributed by atoms with Crippen LogP contribution in [-0.2, 0) is 71.5 Å². The molecule has 4 aromatic rings. The van der Waals surface area contributed by atoms with Crippen LogP contribution in [0.25, 0.3) is 11.1 Å². The van der Waals surface area contributed by atoms with Gasteiger partial charge in [0.15, 0.2) is 11.3 Å². The molecule has 6 rings (SSSR count). The van der Waals surface area contributed by atoms with Crippen LogP contribution < -0.4 is 11.5 Å². The van der Waals surface area contributed by atoms with Gasteiger partial charge in [-0.05, 0) is 76.2 Å². The molecule has 8 N–H and O–H groups in total. The number of allylic oxidation sites excluding steroid dienone is 4. The van der Waals surface area contributed by atoms with Crippen molar-refractivity contribution in [1.82, 2.24) is 0 Å². The van der Waals surface area contributed by atoms with Crippen molar-refractivity contribution in [1.29, 1.82) is 0 Å². The van der Waals surface area contributed by atoms with Crippen LogP contribution in [0.1, 0.15) is 51.7 Å². The zero-order valence-electron chi connectivity index (χ0n) is 39.2. The van der Waals surface area contributed by atoms with Crippen LogP contribution in [0.15, 0.2) is 124 Å². The number of nitrogens with two attached hydrogens (primary N) is 2. The molecule has 2 saturated carbocycles. The molecule has 0 aliphatic heterocycles.